The summed E-state index contributed by atoms with van der Waals surface area (Å²) in [5.74, 6) is 1.40. The Balaban J connectivity index is 0.00000121. The van der Waals surface area contributed by atoms with Crippen LogP contribution < -0.4 is 5.73 Å². The van der Waals surface area contributed by atoms with E-state index in [1.54, 1.807) is 12.4 Å². The van der Waals surface area contributed by atoms with Gasteiger partial charge in [-0.1, -0.05) is 0 Å². The van der Waals surface area contributed by atoms with Crippen LogP contribution in [0.2, 0.25) is 0 Å². The first-order valence-electron chi connectivity index (χ1n) is 6.75. The van der Waals surface area contributed by atoms with Gasteiger partial charge in [0.1, 0.15) is 11.6 Å². The molecule has 3 heterocycles. The minimum atomic E-state index is 0. The second kappa shape index (κ2) is 8.33. The predicted octanol–water partition coefficient (Wildman–Crippen LogP) is 1.70. The molecule has 1 aliphatic heterocycles. The largest absolute Gasteiger partial charge is 0.384 e. The van der Waals surface area contributed by atoms with Gasteiger partial charge < -0.3 is 19.9 Å². The van der Waals surface area contributed by atoms with Gasteiger partial charge >= 0.3 is 0 Å². The molecular formula is C14H21Cl2N5O. The molecule has 3 rings (SSSR count). The molecule has 2 N–H and O–H groups in total. The van der Waals surface area contributed by atoms with E-state index in [0.29, 0.717) is 5.82 Å². The Hall–Kier alpha value is -1.34. The third-order valence-electron chi connectivity index (χ3n) is 3.50. The lowest BCUT2D eigenvalue weighted by molar-refractivity contribution is -0.0272. The molecule has 1 unspecified atom stereocenters. The summed E-state index contributed by atoms with van der Waals surface area (Å²) in [6.07, 6.45) is 5.68. The Bertz CT molecular complexity index is 592. The number of hydrogen-bond donors (Lipinski definition) is 1. The maximum atomic E-state index is 5.81. The minimum absolute atomic E-state index is 0. The van der Waals surface area contributed by atoms with Crippen molar-refractivity contribution in [3.05, 3.63) is 30.7 Å². The predicted molar refractivity (Wildman–Crippen MR) is 91.6 cm³/mol. The molecule has 0 bridgehead atoms. The van der Waals surface area contributed by atoms with Gasteiger partial charge in [-0.15, -0.1) is 24.8 Å². The Morgan fingerprint density at radius 2 is 2.14 bits per heavy atom. The summed E-state index contributed by atoms with van der Waals surface area (Å²) in [5, 5.41) is 0. The van der Waals surface area contributed by atoms with E-state index >= 15 is 0 Å². The molecule has 22 heavy (non-hydrogen) atoms. The van der Waals surface area contributed by atoms with Crippen LogP contribution in [-0.4, -0.2) is 52.3 Å². The summed E-state index contributed by atoms with van der Waals surface area (Å²) in [6, 6.07) is 3.76. The van der Waals surface area contributed by atoms with Crippen LogP contribution in [0.4, 0.5) is 5.82 Å². The van der Waals surface area contributed by atoms with E-state index in [2.05, 4.69) is 26.5 Å². The molecule has 0 spiro atoms. The highest BCUT2D eigenvalue weighted by atomic mass is 35.5. The van der Waals surface area contributed by atoms with Gasteiger partial charge in [-0.3, -0.25) is 0 Å². The number of rotatable bonds is 3. The number of aromatic nitrogens is 3. The summed E-state index contributed by atoms with van der Waals surface area (Å²) >= 11 is 0. The third kappa shape index (κ3) is 4.33. The Labute approximate surface area is 142 Å². The molecule has 0 aromatic carbocycles. The van der Waals surface area contributed by atoms with Crippen LogP contribution in [0.5, 0.6) is 0 Å². The van der Waals surface area contributed by atoms with Gasteiger partial charge in [-0.2, -0.15) is 0 Å². The molecule has 0 saturated carbocycles. The van der Waals surface area contributed by atoms with Crippen molar-refractivity contribution in [1.82, 2.24) is 19.4 Å². The number of halogens is 2. The van der Waals surface area contributed by atoms with Gasteiger partial charge in [0.2, 0.25) is 0 Å². The first-order valence-corrected chi connectivity index (χ1v) is 6.75. The van der Waals surface area contributed by atoms with E-state index in [0.717, 1.165) is 37.6 Å². The Morgan fingerprint density at radius 1 is 1.32 bits per heavy atom. The molecule has 1 aliphatic rings. The van der Waals surface area contributed by atoms with E-state index in [9.17, 15) is 0 Å². The molecule has 8 heteroatoms. The van der Waals surface area contributed by atoms with E-state index < -0.39 is 0 Å². The van der Waals surface area contributed by atoms with Crippen LogP contribution in [0, 0.1) is 0 Å². The number of likely N-dealkylation sites (N-methyl/N-ethyl adjacent to an activating group) is 1. The van der Waals surface area contributed by atoms with Gasteiger partial charge in [0, 0.05) is 37.2 Å². The summed E-state index contributed by atoms with van der Waals surface area (Å²) < 4.78 is 7.92. The van der Waals surface area contributed by atoms with Crippen molar-refractivity contribution in [2.45, 2.75) is 12.6 Å². The highest BCUT2D eigenvalue weighted by molar-refractivity contribution is 5.85. The summed E-state index contributed by atoms with van der Waals surface area (Å²) in [6.45, 7) is 3.51. The SMILES string of the molecule is CN1CCOC(Cn2ccnc2-c2ccnc(N)c2)C1.Cl.Cl. The number of anilines is 1. The van der Waals surface area contributed by atoms with Crippen molar-refractivity contribution >= 4 is 30.6 Å². The zero-order chi connectivity index (χ0) is 13.9. The average Bonchev–Trinajstić information content (AvgIpc) is 2.87. The van der Waals surface area contributed by atoms with E-state index in [-0.39, 0.29) is 30.9 Å². The first kappa shape index (κ1) is 18.7. The van der Waals surface area contributed by atoms with Gasteiger partial charge in [0.15, 0.2) is 0 Å². The monoisotopic (exact) mass is 345 g/mol. The van der Waals surface area contributed by atoms with Gasteiger partial charge in [0.05, 0.1) is 19.3 Å². The Morgan fingerprint density at radius 3 is 2.86 bits per heavy atom. The second-order valence-electron chi connectivity index (χ2n) is 5.13. The quantitative estimate of drug-likeness (QED) is 0.916. The van der Waals surface area contributed by atoms with Crippen LogP contribution in [-0.2, 0) is 11.3 Å². The number of nitrogens with two attached hydrogens (primary N) is 1. The van der Waals surface area contributed by atoms with Crippen molar-refractivity contribution in [3.63, 3.8) is 0 Å². The third-order valence-corrected chi connectivity index (χ3v) is 3.50. The summed E-state index contributed by atoms with van der Waals surface area (Å²) in [4.78, 5) is 10.7. The van der Waals surface area contributed by atoms with E-state index in [4.69, 9.17) is 10.5 Å². The van der Waals surface area contributed by atoms with Gasteiger partial charge in [0.25, 0.3) is 0 Å². The number of nitrogens with zero attached hydrogens (tertiary/aromatic N) is 4. The Kier molecular flexibility index (Phi) is 7.09. The molecule has 6 nitrogen and oxygen atoms in total. The lowest BCUT2D eigenvalue weighted by atomic mass is 10.2. The summed E-state index contributed by atoms with van der Waals surface area (Å²) in [5.41, 5.74) is 6.72. The maximum Gasteiger partial charge on any atom is 0.140 e. The van der Waals surface area contributed by atoms with Gasteiger partial charge in [-0.25, -0.2) is 9.97 Å². The molecule has 1 saturated heterocycles. The van der Waals surface area contributed by atoms with Crippen molar-refractivity contribution in [2.24, 2.45) is 0 Å². The van der Waals surface area contributed by atoms with Crippen molar-refractivity contribution < 1.29 is 4.74 Å². The fraction of sp³-hybridized carbons (Fsp3) is 0.429. The molecule has 2 aromatic rings. The average molecular weight is 346 g/mol. The highest BCUT2D eigenvalue weighted by Crippen LogP contribution is 2.19. The highest BCUT2D eigenvalue weighted by Gasteiger charge is 2.19. The topological polar surface area (TPSA) is 69.2 Å². The van der Waals surface area contributed by atoms with Crippen LogP contribution in [0.3, 0.4) is 0 Å². The lowest BCUT2D eigenvalue weighted by Gasteiger charge is -2.30. The number of imidazole rings is 1. The van der Waals surface area contributed by atoms with Crippen LogP contribution in [0.25, 0.3) is 11.4 Å². The zero-order valence-electron chi connectivity index (χ0n) is 12.4. The second-order valence-corrected chi connectivity index (χ2v) is 5.13. The number of nitrogen functional groups attached to an aromatic ring is 1. The molecule has 0 amide bonds. The fourth-order valence-corrected chi connectivity index (χ4v) is 2.50. The molecule has 0 radical (unpaired) electrons. The van der Waals surface area contributed by atoms with Crippen molar-refractivity contribution in [1.29, 1.82) is 0 Å². The van der Waals surface area contributed by atoms with Crippen molar-refractivity contribution in [3.8, 4) is 11.4 Å². The normalized spacial score (nSPS) is 18.3. The lowest BCUT2D eigenvalue weighted by Crippen LogP contribution is -2.41. The smallest absolute Gasteiger partial charge is 0.140 e. The van der Waals surface area contributed by atoms with E-state index in [1.165, 1.54) is 0 Å². The summed E-state index contributed by atoms with van der Waals surface area (Å²) in [7, 11) is 2.12. The number of morpholine rings is 1. The van der Waals surface area contributed by atoms with Crippen LogP contribution in [0.1, 0.15) is 0 Å². The van der Waals surface area contributed by atoms with Gasteiger partial charge in [-0.05, 0) is 19.2 Å². The molecule has 122 valence electrons. The molecular weight excluding hydrogens is 325 g/mol. The first-order chi connectivity index (χ1) is 9.72. The van der Waals surface area contributed by atoms with Crippen LogP contribution in [0.15, 0.2) is 30.7 Å². The maximum absolute atomic E-state index is 5.81. The molecule has 2 aromatic heterocycles. The molecule has 1 fully saturated rings. The zero-order valence-corrected chi connectivity index (χ0v) is 14.0. The number of hydrogen-bond acceptors (Lipinski definition) is 5. The fourth-order valence-electron chi connectivity index (χ4n) is 2.50. The van der Waals surface area contributed by atoms with Crippen LogP contribution >= 0.6 is 24.8 Å². The number of pyridine rings is 1. The minimum Gasteiger partial charge on any atom is -0.384 e. The molecule has 1 atom stereocenters. The van der Waals surface area contributed by atoms with E-state index in [1.807, 2.05) is 18.3 Å². The number of ether oxygens (including phenoxy) is 1. The van der Waals surface area contributed by atoms with Crippen molar-refractivity contribution in [2.75, 3.05) is 32.5 Å². The standard InChI is InChI=1S/C14H19N5O.2ClH/c1-18-6-7-20-12(9-18)10-19-5-4-17-14(19)11-2-3-16-13(15)8-11;;/h2-5,8,12H,6-7,9-10H2,1H3,(H2,15,16);2*1H. The molecule has 0 aliphatic carbocycles.